The first-order chi connectivity index (χ1) is 16.8. The molecule has 0 saturated heterocycles. The largest absolute Gasteiger partial charge is 0.454 e. The van der Waals surface area contributed by atoms with Crippen LogP contribution >= 0.6 is 11.6 Å². The van der Waals surface area contributed by atoms with E-state index in [9.17, 15) is 9.59 Å². The number of amides is 2. The molecular formula is C26H27ClN4O4. The smallest absolute Gasteiger partial charge is 0.257 e. The normalized spacial score (nSPS) is 12.3. The number of nitrogens with two attached hydrogens (primary N) is 1. The highest BCUT2D eigenvalue weighted by atomic mass is 35.5. The van der Waals surface area contributed by atoms with Gasteiger partial charge in [0, 0.05) is 41.8 Å². The van der Waals surface area contributed by atoms with E-state index >= 15 is 0 Å². The van der Waals surface area contributed by atoms with Crippen LogP contribution in [0.1, 0.15) is 40.1 Å². The molecule has 1 aliphatic heterocycles. The number of rotatable bonds is 8. The van der Waals surface area contributed by atoms with Crippen LogP contribution in [0.5, 0.6) is 11.5 Å². The summed E-state index contributed by atoms with van der Waals surface area (Å²) >= 11 is 6.50. The summed E-state index contributed by atoms with van der Waals surface area (Å²) in [6.45, 7) is 5.15. The molecule has 4 rings (SSSR count). The number of carbonyl (C=O) groups is 2. The van der Waals surface area contributed by atoms with Gasteiger partial charge in [-0.15, -0.1) is 0 Å². The summed E-state index contributed by atoms with van der Waals surface area (Å²) in [5, 5.41) is 3.34. The Morgan fingerprint density at radius 2 is 1.91 bits per heavy atom. The van der Waals surface area contributed by atoms with E-state index in [2.05, 4.69) is 10.3 Å². The first kappa shape index (κ1) is 24.5. The van der Waals surface area contributed by atoms with Crippen LogP contribution in [-0.4, -0.2) is 41.6 Å². The molecule has 2 aromatic carbocycles. The molecule has 9 heteroatoms. The summed E-state index contributed by atoms with van der Waals surface area (Å²) in [5.74, 6) is 0.664. The number of fused-ring (bicyclic) bond motifs is 1. The third-order valence-corrected chi connectivity index (χ3v) is 6.04. The van der Waals surface area contributed by atoms with Crippen molar-refractivity contribution in [2.75, 3.05) is 25.2 Å². The number of anilines is 1. The predicted octanol–water partition coefficient (Wildman–Crippen LogP) is 4.34. The summed E-state index contributed by atoms with van der Waals surface area (Å²) < 4.78 is 10.8. The lowest BCUT2D eigenvalue weighted by Gasteiger charge is -2.32. The topological polar surface area (TPSA) is 107 Å². The van der Waals surface area contributed by atoms with Gasteiger partial charge in [0.1, 0.15) is 0 Å². The maximum Gasteiger partial charge on any atom is 0.257 e. The molecule has 35 heavy (non-hydrogen) atoms. The van der Waals surface area contributed by atoms with Crippen LogP contribution in [-0.2, 0) is 6.54 Å². The van der Waals surface area contributed by atoms with Gasteiger partial charge in [-0.05, 0) is 66.1 Å². The fourth-order valence-electron chi connectivity index (χ4n) is 3.67. The minimum absolute atomic E-state index is 0.129. The molecule has 3 N–H and O–H groups in total. The van der Waals surface area contributed by atoms with E-state index in [1.807, 2.05) is 13.8 Å². The summed E-state index contributed by atoms with van der Waals surface area (Å²) in [7, 11) is 0. The molecule has 0 saturated carbocycles. The molecule has 1 aliphatic rings. The van der Waals surface area contributed by atoms with Crippen LogP contribution < -0.4 is 20.5 Å². The number of hydrogen-bond acceptors (Lipinski definition) is 6. The van der Waals surface area contributed by atoms with Crippen LogP contribution in [0.2, 0.25) is 5.02 Å². The van der Waals surface area contributed by atoms with Gasteiger partial charge in [-0.2, -0.15) is 0 Å². The Morgan fingerprint density at radius 1 is 1.11 bits per heavy atom. The zero-order valence-corrected chi connectivity index (χ0v) is 20.3. The molecule has 182 valence electrons. The molecule has 0 radical (unpaired) electrons. The number of pyridine rings is 1. The molecule has 1 aromatic heterocycles. The quantitative estimate of drug-likeness (QED) is 0.482. The number of hydrogen-bond donors (Lipinski definition) is 2. The van der Waals surface area contributed by atoms with Crippen molar-refractivity contribution in [2.45, 2.75) is 20.4 Å². The van der Waals surface area contributed by atoms with E-state index < -0.39 is 0 Å². The molecular weight excluding hydrogens is 468 g/mol. The minimum atomic E-state index is -0.329. The Labute approximate surface area is 209 Å². The third-order valence-electron chi connectivity index (χ3n) is 5.67. The van der Waals surface area contributed by atoms with E-state index in [-0.39, 0.29) is 30.6 Å². The van der Waals surface area contributed by atoms with E-state index in [1.54, 1.807) is 59.6 Å². The first-order valence-corrected chi connectivity index (χ1v) is 11.5. The summed E-state index contributed by atoms with van der Waals surface area (Å²) in [6, 6.07) is 13.7. The lowest BCUT2D eigenvalue weighted by molar-refractivity contribution is 0.0673. The highest BCUT2D eigenvalue weighted by Gasteiger charge is 2.27. The van der Waals surface area contributed by atoms with Gasteiger partial charge in [0.25, 0.3) is 11.8 Å². The fraction of sp³-hybridized carbons (Fsp3) is 0.269. The number of nitrogens with one attached hydrogen (secondary N) is 1. The molecule has 0 bridgehead atoms. The average Bonchev–Trinajstić information content (AvgIpc) is 3.33. The molecule has 0 aliphatic carbocycles. The summed E-state index contributed by atoms with van der Waals surface area (Å²) in [4.78, 5) is 31.8. The number of ether oxygens (including phenoxy) is 2. The fourth-order valence-corrected chi connectivity index (χ4v) is 3.85. The molecule has 2 heterocycles. The van der Waals surface area contributed by atoms with Crippen LogP contribution in [0.15, 0.2) is 60.9 Å². The van der Waals surface area contributed by atoms with Gasteiger partial charge in [-0.25, -0.2) is 0 Å². The summed E-state index contributed by atoms with van der Waals surface area (Å²) in [5.41, 5.74) is 7.81. The number of carbonyl (C=O) groups excluding carboxylic acids is 2. The molecule has 3 aromatic rings. The Bertz CT molecular complexity index is 1230. The lowest BCUT2D eigenvalue weighted by Crippen LogP contribution is -2.41. The molecule has 0 unspecified atom stereocenters. The van der Waals surface area contributed by atoms with Crippen molar-refractivity contribution >= 4 is 29.1 Å². The van der Waals surface area contributed by atoms with Crippen molar-refractivity contribution in [3.63, 3.8) is 0 Å². The highest BCUT2D eigenvalue weighted by molar-refractivity contribution is 6.31. The monoisotopic (exact) mass is 494 g/mol. The lowest BCUT2D eigenvalue weighted by atomic mass is 9.92. The van der Waals surface area contributed by atoms with Gasteiger partial charge in [0.05, 0.1) is 5.56 Å². The standard InChI is InChI=1S/C26H27ClN4O4/c1-26(2,14-28)15-31(25(33)17-5-8-22-23(11-17)35-16-34-22)13-19-10-20(6-7-21(19)27)30-24(32)18-4-3-9-29-12-18/h3-12H,13-16,28H2,1-2H3,(H,30,32). The van der Waals surface area contributed by atoms with Gasteiger partial charge < -0.3 is 25.4 Å². The molecule has 2 amide bonds. The van der Waals surface area contributed by atoms with Gasteiger partial charge in [0.15, 0.2) is 11.5 Å². The minimum Gasteiger partial charge on any atom is -0.454 e. The van der Waals surface area contributed by atoms with Crippen molar-refractivity contribution in [3.8, 4) is 11.5 Å². The van der Waals surface area contributed by atoms with Gasteiger partial charge in [0.2, 0.25) is 6.79 Å². The Balaban J connectivity index is 1.59. The molecule has 0 spiro atoms. The Morgan fingerprint density at radius 3 is 2.66 bits per heavy atom. The van der Waals surface area contributed by atoms with E-state index in [0.29, 0.717) is 52.0 Å². The second-order valence-corrected chi connectivity index (χ2v) is 9.51. The van der Waals surface area contributed by atoms with E-state index in [4.69, 9.17) is 26.8 Å². The third kappa shape index (κ3) is 5.90. The van der Waals surface area contributed by atoms with E-state index in [0.717, 1.165) is 0 Å². The van der Waals surface area contributed by atoms with Crippen molar-refractivity contribution in [1.82, 2.24) is 9.88 Å². The van der Waals surface area contributed by atoms with Crippen molar-refractivity contribution in [3.05, 3.63) is 82.6 Å². The average molecular weight is 495 g/mol. The van der Waals surface area contributed by atoms with Crippen molar-refractivity contribution in [1.29, 1.82) is 0 Å². The van der Waals surface area contributed by atoms with Gasteiger partial charge >= 0.3 is 0 Å². The zero-order chi connectivity index (χ0) is 25.0. The van der Waals surface area contributed by atoms with Crippen LogP contribution in [0.4, 0.5) is 5.69 Å². The van der Waals surface area contributed by atoms with E-state index in [1.165, 1.54) is 6.20 Å². The SMILES string of the molecule is CC(C)(CN)CN(Cc1cc(NC(=O)c2cccnc2)ccc1Cl)C(=O)c1ccc2c(c1)OCO2. The maximum atomic E-state index is 13.6. The molecule has 8 nitrogen and oxygen atoms in total. The van der Waals surface area contributed by atoms with Gasteiger partial charge in [-0.3, -0.25) is 14.6 Å². The Kier molecular flexibility index (Phi) is 7.23. The molecule has 0 fully saturated rings. The van der Waals surface area contributed by atoms with Crippen LogP contribution in [0.3, 0.4) is 0 Å². The second-order valence-electron chi connectivity index (χ2n) is 9.10. The highest BCUT2D eigenvalue weighted by Crippen LogP contribution is 2.33. The number of aromatic nitrogens is 1. The molecule has 0 atom stereocenters. The first-order valence-electron chi connectivity index (χ1n) is 11.1. The maximum absolute atomic E-state index is 13.6. The Hall–Kier alpha value is -3.62. The predicted molar refractivity (Wildman–Crippen MR) is 134 cm³/mol. The summed E-state index contributed by atoms with van der Waals surface area (Å²) in [6.07, 6.45) is 3.10. The van der Waals surface area contributed by atoms with Gasteiger partial charge in [-0.1, -0.05) is 25.4 Å². The van der Waals surface area contributed by atoms with Crippen LogP contribution in [0.25, 0.3) is 0 Å². The number of benzene rings is 2. The number of nitrogens with zero attached hydrogens (tertiary/aromatic N) is 2. The number of halogens is 1. The zero-order valence-electron chi connectivity index (χ0n) is 19.6. The second kappa shape index (κ2) is 10.3. The van der Waals surface area contributed by atoms with Crippen molar-refractivity contribution < 1.29 is 19.1 Å². The van der Waals surface area contributed by atoms with Crippen molar-refractivity contribution in [2.24, 2.45) is 11.1 Å². The van der Waals surface area contributed by atoms with Crippen LogP contribution in [0, 0.1) is 5.41 Å².